The molecule has 188 valence electrons. The van der Waals surface area contributed by atoms with Crippen LogP contribution >= 0.6 is 32.1 Å². The number of rotatable bonds is 5. The standard InChI is InChI=1S/C16H13INO2.C12H8N3S.Ni/c1-11-3-5-13(10-19)15(8-17-11)14-7-12(9-18)4-6-16(14)20-2;13-6-8-1-3-9(4-2-8)10-5-11(10)12-15-14-7-16-12;/h3-8,11H,1-2H3;1-4,10-11H,5H2;/q2*-1;+2. The molecule has 9 heteroatoms. The molecule has 2 heterocycles. The van der Waals surface area contributed by atoms with E-state index in [0.29, 0.717) is 38.2 Å². The molecule has 1 aromatic heterocycles. The number of hydrogen-bond acceptors (Lipinski definition) is 7. The maximum atomic E-state index is 11.2. The number of aromatic nitrogens is 2. The minimum Gasteiger partial charge on any atom is -0.497 e. The van der Waals surface area contributed by atoms with Gasteiger partial charge in [0.05, 0.1) is 36.7 Å². The van der Waals surface area contributed by atoms with E-state index in [-0.39, 0.29) is 37.2 Å². The summed E-state index contributed by atoms with van der Waals surface area (Å²) in [5.74, 6) is 1.72. The summed E-state index contributed by atoms with van der Waals surface area (Å²) in [6.07, 6.45) is 6.98. The number of carbonyl (C=O) groups excluding carboxylic acids is 1. The Hall–Kier alpha value is -2.98. The molecule has 2 aromatic carbocycles. The van der Waals surface area contributed by atoms with Gasteiger partial charge in [-0.15, -0.1) is 38.0 Å². The van der Waals surface area contributed by atoms with E-state index in [0.717, 1.165) is 22.6 Å². The first-order valence-corrected chi connectivity index (χ1v) is 14.4. The molecule has 0 bridgehead atoms. The van der Waals surface area contributed by atoms with Crippen molar-refractivity contribution in [3.8, 4) is 17.9 Å². The molecular formula is C28H21IN4NiO2S. The Kier molecular flexibility index (Phi) is 10.5. The van der Waals surface area contributed by atoms with Crippen molar-refractivity contribution in [2.45, 2.75) is 29.1 Å². The molecule has 1 aliphatic heterocycles. The molecule has 1 fully saturated rings. The third-order valence-electron chi connectivity index (χ3n) is 5.83. The van der Waals surface area contributed by atoms with Gasteiger partial charge in [0.15, 0.2) is 0 Å². The van der Waals surface area contributed by atoms with Crippen LogP contribution in [0.15, 0.2) is 60.2 Å². The number of hydrogen-bond donors (Lipinski definition) is 0. The van der Waals surface area contributed by atoms with Crippen LogP contribution in [0.4, 0.5) is 0 Å². The Morgan fingerprint density at radius 2 is 1.86 bits per heavy atom. The molecular weight excluding hydrogens is 642 g/mol. The first-order valence-electron chi connectivity index (χ1n) is 11.1. The van der Waals surface area contributed by atoms with E-state index in [4.69, 9.17) is 15.3 Å². The van der Waals surface area contributed by atoms with Crippen molar-refractivity contribution < 1.29 is 26.0 Å². The molecule has 3 aromatic rings. The monoisotopic (exact) mass is 662 g/mol. The summed E-state index contributed by atoms with van der Waals surface area (Å²) in [5, 5.41) is 26.6. The number of methoxy groups -OCH3 is 1. The van der Waals surface area contributed by atoms with Gasteiger partial charge >= 0.3 is 16.5 Å². The third kappa shape index (κ3) is 7.08. The molecule has 6 nitrogen and oxygen atoms in total. The van der Waals surface area contributed by atoms with Gasteiger partial charge in [-0.1, -0.05) is 35.0 Å². The molecule has 0 radical (unpaired) electrons. The Bertz CT molecular complexity index is 1420. The van der Waals surface area contributed by atoms with Crippen molar-refractivity contribution in [2.75, 3.05) is 7.11 Å². The molecule has 0 amide bonds. The van der Waals surface area contributed by atoms with Crippen LogP contribution in [0.1, 0.15) is 52.4 Å². The molecule has 0 saturated heterocycles. The number of nitrogens with zero attached hydrogens (tertiary/aromatic N) is 4. The van der Waals surface area contributed by atoms with Crippen LogP contribution in [0.5, 0.6) is 5.75 Å². The van der Waals surface area contributed by atoms with Gasteiger partial charge in [-0.05, 0) is 58.3 Å². The summed E-state index contributed by atoms with van der Waals surface area (Å²) in [6.45, 7) is 2.13. The third-order valence-corrected chi connectivity index (χ3v) is 9.13. The largest absolute Gasteiger partial charge is 2.00 e. The van der Waals surface area contributed by atoms with Crippen molar-refractivity contribution in [1.82, 2.24) is 10.2 Å². The fourth-order valence-electron chi connectivity index (χ4n) is 3.81. The van der Waals surface area contributed by atoms with Crippen molar-refractivity contribution in [3.63, 3.8) is 0 Å². The Balaban J connectivity index is 0.000000204. The molecule has 37 heavy (non-hydrogen) atoms. The van der Waals surface area contributed by atoms with Crippen LogP contribution in [0.3, 0.4) is 0 Å². The van der Waals surface area contributed by atoms with Crippen LogP contribution in [-0.4, -0.2) is 31.5 Å². The van der Waals surface area contributed by atoms with E-state index >= 15 is 0 Å². The molecule has 1 aliphatic carbocycles. The zero-order valence-corrected chi connectivity index (χ0v) is 23.9. The topological polar surface area (TPSA) is 99.7 Å². The van der Waals surface area contributed by atoms with E-state index in [1.165, 1.54) is 16.9 Å². The van der Waals surface area contributed by atoms with Crippen molar-refractivity contribution in [2.24, 2.45) is 0 Å². The van der Waals surface area contributed by atoms with E-state index in [1.807, 2.05) is 42.7 Å². The van der Waals surface area contributed by atoms with Gasteiger partial charge in [0, 0.05) is 3.92 Å². The zero-order valence-electron chi connectivity index (χ0n) is 19.9. The number of ether oxygens (including phenoxy) is 1. The van der Waals surface area contributed by atoms with Crippen molar-refractivity contribution in [1.29, 1.82) is 10.5 Å². The number of alkyl halides is 1. The number of halogens is 1. The van der Waals surface area contributed by atoms with Gasteiger partial charge in [-0.25, -0.2) is 0 Å². The van der Waals surface area contributed by atoms with Gasteiger partial charge in [0.25, 0.3) is 0 Å². The van der Waals surface area contributed by atoms with E-state index < -0.39 is 0 Å². The van der Waals surface area contributed by atoms with Gasteiger partial charge in [0.2, 0.25) is 0 Å². The number of benzene rings is 2. The Morgan fingerprint density at radius 3 is 2.49 bits per heavy atom. The molecule has 2 aliphatic rings. The quantitative estimate of drug-likeness (QED) is 0.152. The van der Waals surface area contributed by atoms with Crippen LogP contribution < -0.4 is 4.74 Å². The fraction of sp³-hybridized carbons (Fsp3) is 0.214. The second-order valence-corrected chi connectivity index (χ2v) is 12.3. The predicted molar refractivity (Wildman–Crippen MR) is 149 cm³/mol. The maximum Gasteiger partial charge on any atom is 2.00 e. The summed E-state index contributed by atoms with van der Waals surface area (Å²) in [6, 6.07) is 17.3. The molecule has 3 unspecified atom stereocenters. The smallest absolute Gasteiger partial charge is 0.497 e. The second-order valence-electron chi connectivity index (χ2n) is 8.14. The first kappa shape index (κ1) is 28.6. The summed E-state index contributed by atoms with van der Waals surface area (Å²) in [7, 11) is 1.58. The Labute approximate surface area is 240 Å². The molecule has 0 spiro atoms. The zero-order chi connectivity index (χ0) is 25.5. The molecule has 1 saturated carbocycles. The summed E-state index contributed by atoms with van der Waals surface area (Å²) < 4.78 is 7.94. The number of nitriles is 2. The van der Waals surface area contributed by atoms with Gasteiger partial charge < -0.3 is 20.9 Å². The predicted octanol–water partition coefficient (Wildman–Crippen LogP) is 5.64. The summed E-state index contributed by atoms with van der Waals surface area (Å²) in [4.78, 5) is 11.2. The maximum absolute atomic E-state index is 11.2. The van der Waals surface area contributed by atoms with Gasteiger partial charge in [-0.3, -0.25) is 10.2 Å². The molecule has 5 rings (SSSR count). The normalized spacial score (nSPS) is 19.5. The minimum absolute atomic E-state index is 0. The average Bonchev–Trinajstić information content (AvgIpc) is 3.59. The van der Waals surface area contributed by atoms with E-state index in [2.05, 4.69) is 38.8 Å². The van der Waals surface area contributed by atoms with Crippen LogP contribution in [0.2, 0.25) is 0 Å². The first-order chi connectivity index (χ1) is 17.6. The average molecular weight is 663 g/mol. The summed E-state index contributed by atoms with van der Waals surface area (Å²) >= 11 is 1.31. The van der Waals surface area contributed by atoms with Gasteiger partial charge in [0.1, 0.15) is 5.75 Å². The molecule has 0 N–H and O–H groups in total. The SMILES string of the molecule is COc1ccc(C#N)cc1C1=C([C-]=O)C=CC(C)I=C1.N#Cc1ccc(C2CC2c2nn[c-]s2)cc1.[Ni+2]. The second kappa shape index (κ2) is 13.5. The van der Waals surface area contributed by atoms with E-state index in [1.54, 1.807) is 25.3 Å². The minimum atomic E-state index is -0.194. The fourth-order valence-corrected chi connectivity index (χ4v) is 6.52. The van der Waals surface area contributed by atoms with Crippen LogP contribution in [0.25, 0.3) is 5.57 Å². The van der Waals surface area contributed by atoms with E-state index in [9.17, 15) is 4.79 Å². The van der Waals surface area contributed by atoms with Crippen molar-refractivity contribution in [3.05, 3.63) is 93.0 Å². The Morgan fingerprint density at radius 1 is 1.14 bits per heavy atom. The van der Waals surface area contributed by atoms with Crippen LogP contribution in [-0.2, 0) is 21.3 Å². The van der Waals surface area contributed by atoms with Gasteiger partial charge in [-0.2, -0.15) is 16.6 Å². The van der Waals surface area contributed by atoms with Crippen molar-refractivity contribution >= 4 is 47.9 Å². The summed E-state index contributed by atoms with van der Waals surface area (Å²) in [5.41, 5.74) is 7.45. The molecule has 3 atom stereocenters. The number of allylic oxidation sites excluding steroid dienone is 4. The van der Waals surface area contributed by atoms with Crippen LogP contribution in [0, 0.1) is 28.2 Å².